The summed E-state index contributed by atoms with van der Waals surface area (Å²) in [5.41, 5.74) is 1.35. The Morgan fingerprint density at radius 1 is 0.963 bits per heavy atom. The molecule has 1 saturated heterocycles. The lowest BCUT2D eigenvalue weighted by molar-refractivity contribution is 0.375. The maximum absolute atomic E-state index is 12.8. The standard InChI is InChI=1S/C19H21N3O4S/c1-25-16-5-8-18(19(13-16)26-2)21-9-11-22(12-10-21)27(23,24)17-6-3-15(14-20)4-7-17/h3-8,13H,9-12H2,1-2H3. The van der Waals surface area contributed by atoms with E-state index in [0.717, 1.165) is 5.69 Å². The topological polar surface area (TPSA) is 82.9 Å². The van der Waals surface area contributed by atoms with Gasteiger partial charge in [-0.3, -0.25) is 0 Å². The Labute approximate surface area is 159 Å². The Morgan fingerprint density at radius 3 is 2.19 bits per heavy atom. The highest BCUT2D eigenvalue weighted by atomic mass is 32.2. The van der Waals surface area contributed by atoms with Crippen LogP contribution in [0.1, 0.15) is 5.56 Å². The summed E-state index contributed by atoms with van der Waals surface area (Å²) < 4.78 is 37.8. The van der Waals surface area contributed by atoms with Crippen molar-refractivity contribution in [1.29, 1.82) is 5.26 Å². The Kier molecular flexibility index (Phi) is 5.54. The zero-order valence-corrected chi connectivity index (χ0v) is 16.1. The third-order valence-electron chi connectivity index (χ3n) is 4.59. The van der Waals surface area contributed by atoms with E-state index in [1.165, 1.54) is 28.6 Å². The van der Waals surface area contributed by atoms with Gasteiger partial charge in [0.1, 0.15) is 11.5 Å². The molecule has 2 aromatic rings. The Morgan fingerprint density at radius 2 is 1.63 bits per heavy atom. The second-order valence-electron chi connectivity index (χ2n) is 6.07. The van der Waals surface area contributed by atoms with Crippen LogP contribution in [0.25, 0.3) is 0 Å². The van der Waals surface area contributed by atoms with Crippen molar-refractivity contribution in [2.75, 3.05) is 45.3 Å². The zero-order valence-electron chi connectivity index (χ0n) is 15.3. The molecule has 7 nitrogen and oxygen atoms in total. The predicted molar refractivity (Wildman–Crippen MR) is 102 cm³/mol. The number of nitrogens with zero attached hydrogens (tertiary/aromatic N) is 3. The molecule has 0 unspecified atom stereocenters. The molecule has 142 valence electrons. The molecule has 0 spiro atoms. The van der Waals surface area contributed by atoms with E-state index in [9.17, 15) is 8.42 Å². The van der Waals surface area contributed by atoms with E-state index in [1.54, 1.807) is 14.2 Å². The summed E-state index contributed by atoms with van der Waals surface area (Å²) in [6.45, 7) is 1.85. The molecule has 0 aromatic heterocycles. The van der Waals surface area contributed by atoms with Crippen LogP contribution in [0.15, 0.2) is 47.4 Å². The molecule has 0 amide bonds. The van der Waals surface area contributed by atoms with E-state index in [4.69, 9.17) is 14.7 Å². The summed E-state index contributed by atoms with van der Waals surface area (Å²) in [4.78, 5) is 2.31. The molecule has 3 rings (SSSR count). The first-order valence-electron chi connectivity index (χ1n) is 8.47. The fourth-order valence-electron chi connectivity index (χ4n) is 3.07. The van der Waals surface area contributed by atoms with Gasteiger partial charge in [-0.15, -0.1) is 0 Å². The predicted octanol–water partition coefficient (Wildman–Crippen LogP) is 2.09. The van der Waals surface area contributed by atoms with Gasteiger partial charge >= 0.3 is 0 Å². The molecule has 0 saturated carbocycles. The van der Waals surface area contributed by atoms with Gasteiger partial charge in [-0.05, 0) is 36.4 Å². The lowest BCUT2D eigenvalue weighted by Gasteiger charge is -2.36. The van der Waals surface area contributed by atoms with Crippen LogP contribution in [-0.4, -0.2) is 53.1 Å². The van der Waals surface area contributed by atoms with Crippen molar-refractivity contribution in [2.45, 2.75) is 4.90 Å². The fourth-order valence-corrected chi connectivity index (χ4v) is 4.49. The molecule has 27 heavy (non-hydrogen) atoms. The third kappa shape index (κ3) is 3.84. The molecule has 0 N–H and O–H groups in total. The highest BCUT2D eigenvalue weighted by Gasteiger charge is 2.29. The average molecular weight is 387 g/mol. The van der Waals surface area contributed by atoms with Gasteiger partial charge in [0.25, 0.3) is 0 Å². The van der Waals surface area contributed by atoms with Crippen molar-refractivity contribution in [1.82, 2.24) is 4.31 Å². The number of rotatable bonds is 5. The van der Waals surface area contributed by atoms with Crippen molar-refractivity contribution in [3.8, 4) is 17.6 Å². The van der Waals surface area contributed by atoms with Crippen molar-refractivity contribution in [3.63, 3.8) is 0 Å². The summed E-state index contributed by atoms with van der Waals surface area (Å²) in [5, 5.41) is 8.86. The number of anilines is 1. The molecular weight excluding hydrogens is 366 g/mol. The number of piperazine rings is 1. The lowest BCUT2D eigenvalue weighted by atomic mass is 10.2. The number of hydrogen-bond acceptors (Lipinski definition) is 6. The first-order valence-corrected chi connectivity index (χ1v) is 9.91. The largest absolute Gasteiger partial charge is 0.497 e. The van der Waals surface area contributed by atoms with Crippen LogP contribution in [0, 0.1) is 11.3 Å². The van der Waals surface area contributed by atoms with Gasteiger partial charge in [-0.2, -0.15) is 9.57 Å². The minimum Gasteiger partial charge on any atom is -0.497 e. The first-order chi connectivity index (χ1) is 13.0. The minimum absolute atomic E-state index is 0.206. The van der Waals surface area contributed by atoms with E-state index in [2.05, 4.69) is 4.90 Å². The van der Waals surface area contributed by atoms with Crippen LogP contribution >= 0.6 is 0 Å². The SMILES string of the molecule is COc1ccc(N2CCN(S(=O)(=O)c3ccc(C#N)cc3)CC2)c(OC)c1. The molecule has 1 aliphatic heterocycles. The molecule has 8 heteroatoms. The molecule has 1 heterocycles. The molecule has 0 aliphatic carbocycles. The first kappa shape index (κ1) is 19.0. The summed E-state index contributed by atoms with van der Waals surface area (Å²) in [5.74, 6) is 1.40. The molecule has 2 aromatic carbocycles. The van der Waals surface area contributed by atoms with Gasteiger partial charge in [-0.25, -0.2) is 8.42 Å². The van der Waals surface area contributed by atoms with Crippen LogP contribution in [-0.2, 0) is 10.0 Å². The van der Waals surface area contributed by atoms with Crippen LogP contribution < -0.4 is 14.4 Å². The van der Waals surface area contributed by atoms with E-state index in [0.29, 0.717) is 43.2 Å². The zero-order chi connectivity index (χ0) is 19.4. The van der Waals surface area contributed by atoms with E-state index in [1.807, 2.05) is 24.3 Å². The second-order valence-corrected chi connectivity index (χ2v) is 8.00. The number of hydrogen-bond donors (Lipinski definition) is 0. The maximum atomic E-state index is 12.8. The molecular formula is C19H21N3O4S. The second kappa shape index (κ2) is 7.86. The molecule has 1 fully saturated rings. The molecule has 0 radical (unpaired) electrons. The van der Waals surface area contributed by atoms with Gasteiger partial charge in [0.2, 0.25) is 10.0 Å². The van der Waals surface area contributed by atoms with Gasteiger partial charge in [0.05, 0.1) is 36.4 Å². The van der Waals surface area contributed by atoms with Crippen molar-refractivity contribution < 1.29 is 17.9 Å². The van der Waals surface area contributed by atoms with Crippen molar-refractivity contribution in [3.05, 3.63) is 48.0 Å². The van der Waals surface area contributed by atoms with E-state index < -0.39 is 10.0 Å². The number of benzene rings is 2. The summed E-state index contributed by atoms with van der Waals surface area (Å²) in [7, 11) is -0.373. The fraction of sp³-hybridized carbons (Fsp3) is 0.316. The lowest BCUT2D eigenvalue weighted by Crippen LogP contribution is -2.48. The van der Waals surface area contributed by atoms with Crippen LogP contribution in [0.2, 0.25) is 0 Å². The van der Waals surface area contributed by atoms with Crippen LogP contribution in [0.5, 0.6) is 11.5 Å². The number of methoxy groups -OCH3 is 2. The monoisotopic (exact) mass is 387 g/mol. The summed E-state index contributed by atoms with van der Waals surface area (Å²) in [6.07, 6.45) is 0. The van der Waals surface area contributed by atoms with Crippen molar-refractivity contribution in [2.24, 2.45) is 0 Å². The quantitative estimate of drug-likeness (QED) is 0.781. The van der Waals surface area contributed by atoms with E-state index in [-0.39, 0.29) is 4.90 Å². The average Bonchev–Trinajstić information content (AvgIpc) is 2.73. The van der Waals surface area contributed by atoms with Gasteiger partial charge in [0, 0.05) is 32.2 Å². The van der Waals surface area contributed by atoms with Crippen LogP contribution in [0.4, 0.5) is 5.69 Å². The Balaban J connectivity index is 1.74. The highest BCUT2D eigenvalue weighted by Crippen LogP contribution is 2.33. The molecule has 1 aliphatic rings. The van der Waals surface area contributed by atoms with Crippen LogP contribution in [0.3, 0.4) is 0 Å². The number of ether oxygens (including phenoxy) is 2. The van der Waals surface area contributed by atoms with Gasteiger partial charge in [-0.1, -0.05) is 0 Å². The Bertz CT molecular complexity index is 944. The van der Waals surface area contributed by atoms with E-state index >= 15 is 0 Å². The Hall–Kier alpha value is -2.76. The maximum Gasteiger partial charge on any atom is 0.243 e. The van der Waals surface area contributed by atoms with Gasteiger partial charge in [0.15, 0.2) is 0 Å². The third-order valence-corrected chi connectivity index (χ3v) is 6.50. The number of sulfonamides is 1. The number of nitriles is 1. The summed E-state index contributed by atoms with van der Waals surface area (Å²) >= 11 is 0. The molecule has 0 bridgehead atoms. The smallest absolute Gasteiger partial charge is 0.243 e. The molecule has 0 atom stereocenters. The van der Waals surface area contributed by atoms with Crippen molar-refractivity contribution >= 4 is 15.7 Å². The highest BCUT2D eigenvalue weighted by molar-refractivity contribution is 7.89. The normalized spacial score (nSPS) is 15.2. The minimum atomic E-state index is -3.57. The summed E-state index contributed by atoms with van der Waals surface area (Å²) in [6, 6.07) is 13.6. The van der Waals surface area contributed by atoms with Gasteiger partial charge < -0.3 is 14.4 Å².